The third-order valence-electron chi connectivity index (χ3n) is 3.57. The molecule has 6 nitrogen and oxygen atoms in total. The second kappa shape index (κ2) is 6.09. The summed E-state index contributed by atoms with van der Waals surface area (Å²) in [6, 6.07) is 7.95. The number of para-hydroxylation sites is 2. The van der Waals surface area contributed by atoms with Crippen LogP contribution in [0.5, 0.6) is 5.75 Å². The lowest BCUT2D eigenvalue weighted by Gasteiger charge is -2.36. The number of aromatic nitrogens is 2. The van der Waals surface area contributed by atoms with Crippen molar-refractivity contribution in [1.29, 1.82) is 0 Å². The van der Waals surface area contributed by atoms with Crippen LogP contribution in [-0.4, -0.2) is 52.8 Å². The van der Waals surface area contributed by atoms with E-state index in [1.807, 2.05) is 29.2 Å². The molecule has 0 atom stereocenters. The molecule has 1 aromatic carbocycles. The van der Waals surface area contributed by atoms with Crippen LogP contribution in [0.25, 0.3) is 0 Å². The molecule has 0 bridgehead atoms. The number of benzene rings is 1. The van der Waals surface area contributed by atoms with Gasteiger partial charge in [0.05, 0.1) is 30.7 Å². The predicted octanol–water partition coefficient (Wildman–Crippen LogP) is 1.51. The number of nitrogens with zero attached hydrogens (tertiary/aromatic N) is 4. The van der Waals surface area contributed by atoms with E-state index in [2.05, 4.69) is 13.6 Å². The van der Waals surface area contributed by atoms with Gasteiger partial charge in [-0.15, -0.1) is 0 Å². The van der Waals surface area contributed by atoms with E-state index in [4.69, 9.17) is 4.74 Å². The number of carbonyl (C=O) groups is 1. The van der Waals surface area contributed by atoms with Gasteiger partial charge in [0.25, 0.3) is 5.91 Å². The van der Waals surface area contributed by atoms with Crippen molar-refractivity contribution in [2.24, 2.45) is 0 Å². The van der Waals surface area contributed by atoms with E-state index in [1.54, 1.807) is 7.11 Å². The first kappa shape index (κ1) is 13.8. The smallest absolute Gasteiger partial charge is 0.275 e. The van der Waals surface area contributed by atoms with E-state index < -0.39 is 0 Å². The highest BCUT2D eigenvalue weighted by molar-refractivity contribution is 6.99. The molecule has 2 aromatic rings. The zero-order valence-corrected chi connectivity index (χ0v) is 12.5. The summed E-state index contributed by atoms with van der Waals surface area (Å²) in [4.78, 5) is 16.3. The van der Waals surface area contributed by atoms with Crippen LogP contribution in [-0.2, 0) is 0 Å². The average Bonchev–Trinajstić information content (AvgIpc) is 3.09. The summed E-state index contributed by atoms with van der Waals surface area (Å²) in [6.45, 7) is 2.91. The number of ether oxygens (including phenoxy) is 1. The Morgan fingerprint density at radius 1 is 1.24 bits per heavy atom. The van der Waals surface area contributed by atoms with Gasteiger partial charge in [0.1, 0.15) is 5.75 Å². The maximum Gasteiger partial charge on any atom is 0.275 e. The lowest BCUT2D eigenvalue weighted by Crippen LogP contribution is -2.49. The van der Waals surface area contributed by atoms with Crippen LogP contribution in [0.1, 0.15) is 10.5 Å². The molecule has 1 saturated heterocycles. The lowest BCUT2D eigenvalue weighted by atomic mass is 10.2. The van der Waals surface area contributed by atoms with Crippen LogP contribution in [0.2, 0.25) is 0 Å². The zero-order valence-electron chi connectivity index (χ0n) is 11.7. The Bertz CT molecular complexity index is 609. The van der Waals surface area contributed by atoms with Gasteiger partial charge in [0.15, 0.2) is 5.69 Å². The van der Waals surface area contributed by atoms with E-state index in [1.165, 1.54) is 6.20 Å². The van der Waals surface area contributed by atoms with Crippen molar-refractivity contribution >= 4 is 23.3 Å². The van der Waals surface area contributed by atoms with Crippen molar-refractivity contribution < 1.29 is 9.53 Å². The monoisotopic (exact) mass is 304 g/mol. The Kier molecular flexibility index (Phi) is 4.01. The molecular weight excluding hydrogens is 288 g/mol. The molecule has 1 aliphatic rings. The number of methoxy groups -OCH3 is 1. The van der Waals surface area contributed by atoms with Gasteiger partial charge in [-0.2, -0.15) is 8.75 Å². The molecule has 0 radical (unpaired) electrons. The topological polar surface area (TPSA) is 58.6 Å². The van der Waals surface area contributed by atoms with Gasteiger partial charge in [-0.05, 0) is 12.1 Å². The molecule has 2 heterocycles. The highest BCUT2D eigenvalue weighted by atomic mass is 32.1. The molecule has 1 amide bonds. The van der Waals surface area contributed by atoms with Gasteiger partial charge in [-0.3, -0.25) is 4.79 Å². The zero-order chi connectivity index (χ0) is 14.7. The number of amides is 1. The quantitative estimate of drug-likeness (QED) is 0.860. The summed E-state index contributed by atoms with van der Waals surface area (Å²) in [5.74, 6) is 0.824. The van der Waals surface area contributed by atoms with Crippen LogP contribution in [0.15, 0.2) is 30.5 Å². The molecule has 0 aliphatic carbocycles. The number of hydrogen-bond donors (Lipinski definition) is 0. The SMILES string of the molecule is COc1ccccc1N1CCN(C(=O)c2cnsn2)CC1. The Morgan fingerprint density at radius 2 is 2.00 bits per heavy atom. The second-order valence-corrected chi connectivity index (χ2v) is 5.30. The molecule has 1 aliphatic heterocycles. The fourth-order valence-electron chi connectivity index (χ4n) is 2.46. The molecule has 21 heavy (non-hydrogen) atoms. The van der Waals surface area contributed by atoms with Gasteiger partial charge >= 0.3 is 0 Å². The maximum absolute atomic E-state index is 12.2. The molecule has 0 spiro atoms. The van der Waals surface area contributed by atoms with E-state index >= 15 is 0 Å². The van der Waals surface area contributed by atoms with E-state index in [0.717, 1.165) is 36.3 Å². The van der Waals surface area contributed by atoms with Crippen molar-refractivity contribution in [2.45, 2.75) is 0 Å². The van der Waals surface area contributed by atoms with Crippen molar-refractivity contribution in [2.75, 3.05) is 38.2 Å². The van der Waals surface area contributed by atoms with Crippen LogP contribution in [0.3, 0.4) is 0 Å². The Labute approximate surface area is 127 Å². The maximum atomic E-state index is 12.2. The third-order valence-corrected chi connectivity index (χ3v) is 4.05. The summed E-state index contributed by atoms with van der Waals surface area (Å²) >= 11 is 1.06. The summed E-state index contributed by atoms with van der Waals surface area (Å²) in [5.41, 5.74) is 1.51. The summed E-state index contributed by atoms with van der Waals surface area (Å²) in [5, 5.41) is 0. The van der Waals surface area contributed by atoms with Gasteiger partial charge in [-0.1, -0.05) is 12.1 Å². The molecular formula is C14H16N4O2S. The van der Waals surface area contributed by atoms with Gasteiger partial charge in [-0.25, -0.2) is 0 Å². The molecule has 1 aromatic heterocycles. The van der Waals surface area contributed by atoms with Crippen LogP contribution >= 0.6 is 11.7 Å². The lowest BCUT2D eigenvalue weighted by molar-refractivity contribution is 0.0742. The van der Waals surface area contributed by atoms with Crippen LogP contribution in [0, 0.1) is 0 Å². The normalized spacial score (nSPS) is 15.1. The molecule has 7 heteroatoms. The highest BCUT2D eigenvalue weighted by Gasteiger charge is 2.24. The fourth-order valence-corrected chi connectivity index (χ4v) is 2.87. The van der Waals surface area contributed by atoms with Gasteiger partial charge < -0.3 is 14.5 Å². The summed E-state index contributed by atoms with van der Waals surface area (Å²) in [6.07, 6.45) is 1.53. The third kappa shape index (κ3) is 2.82. The second-order valence-electron chi connectivity index (χ2n) is 4.74. The molecule has 3 rings (SSSR count). The van der Waals surface area contributed by atoms with Crippen LogP contribution < -0.4 is 9.64 Å². The van der Waals surface area contributed by atoms with Crippen LogP contribution in [0.4, 0.5) is 5.69 Å². The minimum Gasteiger partial charge on any atom is -0.495 e. The van der Waals surface area contributed by atoms with Crippen molar-refractivity contribution in [1.82, 2.24) is 13.6 Å². The number of anilines is 1. The standard InChI is InChI=1S/C14H16N4O2S/c1-20-13-5-3-2-4-12(13)17-6-8-18(9-7-17)14(19)11-10-15-21-16-11/h2-5,10H,6-9H2,1H3. The highest BCUT2D eigenvalue weighted by Crippen LogP contribution is 2.28. The first-order chi connectivity index (χ1) is 10.3. The first-order valence-electron chi connectivity index (χ1n) is 6.74. The number of piperazine rings is 1. The number of carbonyl (C=O) groups excluding carboxylic acids is 1. The van der Waals surface area contributed by atoms with Crippen molar-refractivity contribution in [3.8, 4) is 5.75 Å². The van der Waals surface area contributed by atoms with E-state index in [-0.39, 0.29) is 5.91 Å². The summed E-state index contributed by atoms with van der Waals surface area (Å²) < 4.78 is 13.3. The molecule has 110 valence electrons. The van der Waals surface area contributed by atoms with E-state index in [9.17, 15) is 4.79 Å². The van der Waals surface area contributed by atoms with E-state index in [0.29, 0.717) is 18.8 Å². The average molecular weight is 304 g/mol. The largest absolute Gasteiger partial charge is 0.495 e. The predicted molar refractivity (Wildman–Crippen MR) is 81.0 cm³/mol. The minimum absolute atomic E-state index is 0.0385. The minimum atomic E-state index is -0.0385. The van der Waals surface area contributed by atoms with Crippen molar-refractivity contribution in [3.63, 3.8) is 0 Å². The number of rotatable bonds is 3. The first-order valence-corrected chi connectivity index (χ1v) is 7.47. The van der Waals surface area contributed by atoms with Crippen molar-refractivity contribution in [3.05, 3.63) is 36.2 Å². The van der Waals surface area contributed by atoms with Gasteiger partial charge in [0.2, 0.25) is 0 Å². The van der Waals surface area contributed by atoms with Gasteiger partial charge in [0, 0.05) is 26.2 Å². The Hall–Kier alpha value is -2.15. The molecule has 0 saturated carbocycles. The molecule has 1 fully saturated rings. The Morgan fingerprint density at radius 3 is 2.67 bits per heavy atom. The molecule has 0 unspecified atom stereocenters. The molecule has 0 N–H and O–H groups in total. The Balaban J connectivity index is 1.66. The summed E-state index contributed by atoms with van der Waals surface area (Å²) in [7, 11) is 1.67. The number of hydrogen-bond acceptors (Lipinski definition) is 6. The fraction of sp³-hybridized carbons (Fsp3) is 0.357.